The summed E-state index contributed by atoms with van der Waals surface area (Å²) >= 11 is 6.55. The van der Waals surface area contributed by atoms with Gasteiger partial charge in [-0.3, -0.25) is 14.4 Å². The number of nitrogens with zero attached hydrogens (tertiary/aromatic N) is 9. The maximum absolute atomic E-state index is 13.4. The van der Waals surface area contributed by atoms with Gasteiger partial charge in [-0.25, -0.2) is 14.6 Å². The molecular weight excluding hydrogens is 747 g/mol. The first-order valence-corrected chi connectivity index (χ1v) is 17.3. The third-order valence-electron chi connectivity index (χ3n) is 9.38. The molecule has 0 aliphatic carbocycles. The number of hydrogen-bond acceptors (Lipinski definition) is 10. The van der Waals surface area contributed by atoms with Gasteiger partial charge in [0, 0.05) is 63.9 Å². The summed E-state index contributed by atoms with van der Waals surface area (Å²) in [6.07, 6.45) is 1.21. The zero-order chi connectivity index (χ0) is 40.2. The van der Waals surface area contributed by atoms with Crippen LogP contribution < -0.4 is 16.2 Å². The third kappa shape index (κ3) is 9.39. The quantitative estimate of drug-likeness (QED) is 0.272. The molecule has 290 valence electrons. The van der Waals surface area contributed by atoms with Gasteiger partial charge < -0.3 is 39.8 Å². The van der Waals surface area contributed by atoms with E-state index in [0.717, 1.165) is 30.4 Å². The zero-order valence-electron chi connectivity index (χ0n) is 30.0. The predicted molar refractivity (Wildman–Crippen MR) is 190 cm³/mol. The monoisotopic (exact) mass is 783 g/mol. The second-order valence-electron chi connectivity index (χ2n) is 13.6. The van der Waals surface area contributed by atoms with E-state index in [4.69, 9.17) is 27.2 Å². The maximum Gasteiger partial charge on any atom is 0.430 e. The first-order valence-electron chi connectivity index (χ1n) is 16.9. The van der Waals surface area contributed by atoms with E-state index < -0.39 is 18.1 Å². The number of imidazole rings is 1. The fourth-order valence-corrected chi connectivity index (χ4v) is 6.45. The number of carboxylic acid groups (broad SMARTS) is 1. The van der Waals surface area contributed by atoms with Gasteiger partial charge in [0.15, 0.2) is 17.3 Å². The van der Waals surface area contributed by atoms with Crippen LogP contribution in [0.2, 0.25) is 5.02 Å². The number of hydrogen-bond donors (Lipinski definition) is 2. The van der Waals surface area contributed by atoms with Gasteiger partial charge in [-0.05, 0) is 30.3 Å². The highest BCUT2D eigenvalue weighted by Gasteiger charge is 2.35. The Morgan fingerprint density at radius 3 is 2.22 bits per heavy atom. The molecule has 0 radical (unpaired) electrons. The average molecular weight is 784 g/mol. The van der Waals surface area contributed by atoms with Crippen LogP contribution in [0.25, 0.3) is 17.1 Å². The molecule has 16 nitrogen and oxygen atoms in total. The topological polar surface area (TPSA) is 208 Å². The number of pyridine rings is 1. The number of halogens is 4. The highest BCUT2D eigenvalue weighted by molar-refractivity contribution is 6.34. The van der Waals surface area contributed by atoms with E-state index in [2.05, 4.69) is 40.5 Å². The molecule has 6 rings (SSSR count). The number of rotatable bonds is 6. The molecule has 2 aliphatic heterocycles. The van der Waals surface area contributed by atoms with Crippen molar-refractivity contribution in [3.8, 4) is 23.1 Å². The van der Waals surface area contributed by atoms with Gasteiger partial charge in [0.1, 0.15) is 12.0 Å². The summed E-state index contributed by atoms with van der Waals surface area (Å²) in [7, 11) is 6.05. The van der Waals surface area contributed by atoms with Gasteiger partial charge in [-0.2, -0.15) is 23.5 Å². The number of aliphatic carboxylic acids is 1. The Kier molecular flexibility index (Phi) is 11.8. The van der Waals surface area contributed by atoms with E-state index in [1.54, 1.807) is 47.0 Å². The van der Waals surface area contributed by atoms with Gasteiger partial charge in [0.25, 0.3) is 11.8 Å². The number of piperazine rings is 1. The molecule has 3 amide bonds. The summed E-state index contributed by atoms with van der Waals surface area (Å²) in [5.41, 5.74) is 8.04. The minimum Gasteiger partial charge on any atom is -0.542 e. The molecule has 55 heavy (non-hydrogen) atoms. The Bertz CT molecular complexity index is 2130. The Hall–Kier alpha value is -6.00. The molecule has 2 aliphatic rings. The SMILES string of the molecule is Cn1c(-c2cn(-c3ccc(N)cn3)nc2C#N)cnc1C(=O)Nc1ccc(C(=O)N2CCN(C(=O)C3CC[N+](C)(C)CC3)CC2)c(Cl)c1.O=C([O-])C(F)(F)F. The van der Waals surface area contributed by atoms with Crippen LogP contribution in [0.15, 0.2) is 48.9 Å². The molecule has 20 heteroatoms. The number of nitriles is 1. The number of anilines is 2. The molecular formula is C35H37ClF3N11O5. The van der Waals surface area contributed by atoms with Crippen LogP contribution >= 0.6 is 11.6 Å². The van der Waals surface area contributed by atoms with Crippen molar-refractivity contribution < 1.29 is 41.9 Å². The molecule has 2 saturated heterocycles. The number of alkyl halides is 3. The van der Waals surface area contributed by atoms with E-state index in [1.165, 1.54) is 23.1 Å². The fraction of sp³-hybridized carbons (Fsp3) is 0.371. The average Bonchev–Trinajstić information content (AvgIpc) is 3.74. The lowest BCUT2D eigenvalue weighted by Crippen LogP contribution is -2.54. The number of nitrogens with two attached hydrogens (primary N) is 1. The molecule has 1 aromatic carbocycles. The molecule has 0 atom stereocenters. The number of carbonyl (C=O) groups excluding carboxylic acids is 4. The number of amides is 3. The van der Waals surface area contributed by atoms with Crippen molar-refractivity contribution in [1.29, 1.82) is 5.26 Å². The van der Waals surface area contributed by atoms with E-state index in [0.29, 0.717) is 60.2 Å². The minimum atomic E-state index is -5.19. The molecule has 0 spiro atoms. The molecule has 0 bridgehead atoms. The van der Waals surface area contributed by atoms with Gasteiger partial charge in [-0.15, -0.1) is 0 Å². The van der Waals surface area contributed by atoms with Crippen LogP contribution in [0.4, 0.5) is 24.5 Å². The molecule has 4 aromatic rings. The summed E-state index contributed by atoms with van der Waals surface area (Å²) in [6, 6.07) is 10.2. The second kappa shape index (κ2) is 16.2. The number of benzene rings is 1. The van der Waals surface area contributed by atoms with Crippen molar-refractivity contribution in [3.63, 3.8) is 0 Å². The molecule has 5 heterocycles. The molecule has 0 unspecified atom stereocenters. The summed E-state index contributed by atoms with van der Waals surface area (Å²) in [4.78, 5) is 60.6. The number of quaternary nitrogens is 1. The minimum absolute atomic E-state index is 0.0554. The Balaban J connectivity index is 0.000000757. The van der Waals surface area contributed by atoms with Crippen LogP contribution in [0.3, 0.4) is 0 Å². The zero-order valence-corrected chi connectivity index (χ0v) is 30.8. The van der Waals surface area contributed by atoms with Crippen LogP contribution in [-0.2, 0) is 16.6 Å². The number of carboxylic acids is 1. The van der Waals surface area contributed by atoms with Crippen molar-refractivity contribution in [2.75, 3.05) is 64.4 Å². The second-order valence-corrected chi connectivity index (χ2v) is 14.0. The molecule has 0 saturated carbocycles. The molecule has 2 fully saturated rings. The van der Waals surface area contributed by atoms with Crippen molar-refractivity contribution >= 4 is 46.7 Å². The van der Waals surface area contributed by atoms with E-state index in [1.807, 2.05) is 4.90 Å². The standard InChI is InChI=1S/C33H36ClN11O3.C2HF3O2/c1-41-28(25-20-44(40-27(25)17-35)29-7-4-22(36)18-37-29)19-38-30(41)31(46)39-23-5-6-24(26(34)16-23)33(48)43-12-10-42(11-13-43)32(47)21-8-14-45(2,3)15-9-21;3-2(4,5)1(6)7/h4-7,16,18-21H,8-15,36H2,1-3H3;(H,6,7). The summed E-state index contributed by atoms with van der Waals surface area (Å²) in [5.74, 6) is -2.93. The Morgan fingerprint density at radius 1 is 1.02 bits per heavy atom. The van der Waals surface area contributed by atoms with Crippen LogP contribution in [0.5, 0.6) is 0 Å². The number of carbonyl (C=O) groups is 4. The van der Waals surface area contributed by atoms with Crippen molar-refractivity contribution in [2.24, 2.45) is 13.0 Å². The van der Waals surface area contributed by atoms with E-state index in [-0.39, 0.29) is 34.3 Å². The van der Waals surface area contributed by atoms with Gasteiger partial charge >= 0.3 is 6.18 Å². The molecule has 3 N–H and O–H groups in total. The van der Waals surface area contributed by atoms with Crippen molar-refractivity contribution in [2.45, 2.75) is 19.0 Å². The Labute approximate surface area is 318 Å². The van der Waals surface area contributed by atoms with Gasteiger partial charge in [0.2, 0.25) is 5.91 Å². The van der Waals surface area contributed by atoms with Crippen LogP contribution in [0.1, 0.15) is 39.5 Å². The first kappa shape index (κ1) is 40.2. The number of nitrogens with one attached hydrogen (secondary N) is 1. The highest BCUT2D eigenvalue weighted by atomic mass is 35.5. The Morgan fingerprint density at radius 2 is 1.65 bits per heavy atom. The lowest BCUT2D eigenvalue weighted by Gasteiger charge is -2.40. The number of piperidine rings is 1. The van der Waals surface area contributed by atoms with Gasteiger partial charge in [-0.1, -0.05) is 11.6 Å². The van der Waals surface area contributed by atoms with Gasteiger partial charge in [0.05, 0.1) is 67.1 Å². The predicted octanol–water partition coefficient (Wildman–Crippen LogP) is 2.10. The lowest BCUT2D eigenvalue weighted by atomic mass is 9.94. The lowest BCUT2D eigenvalue weighted by molar-refractivity contribution is -0.895. The van der Waals surface area contributed by atoms with Crippen molar-refractivity contribution in [1.82, 2.24) is 34.1 Å². The van der Waals surface area contributed by atoms with E-state index >= 15 is 0 Å². The van der Waals surface area contributed by atoms with Crippen LogP contribution in [-0.4, -0.2) is 122 Å². The van der Waals surface area contributed by atoms with Crippen molar-refractivity contribution in [3.05, 3.63) is 71.0 Å². The maximum atomic E-state index is 13.4. The summed E-state index contributed by atoms with van der Waals surface area (Å²) in [5, 5.41) is 25.8. The number of aromatic nitrogens is 5. The number of likely N-dealkylation sites (tertiary alicyclic amines) is 1. The fourth-order valence-electron chi connectivity index (χ4n) is 6.19. The largest absolute Gasteiger partial charge is 0.542 e. The number of nitrogen functional groups attached to an aromatic ring is 1. The van der Waals surface area contributed by atoms with E-state index in [9.17, 15) is 32.8 Å². The highest BCUT2D eigenvalue weighted by Crippen LogP contribution is 2.28. The smallest absolute Gasteiger partial charge is 0.430 e. The molecule has 3 aromatic heterocycles. The van der Waals surface area contributed by atoms with Crippen LogP contribution in [0, 0.1) is 17.2 Å². The normalized spacial score (nSPS) is 15.7. The summed E-state index contributed by atoms with van der Waals surface area (Å²) in [6.45, 7) is 3.83. The summed E-state index contributed by atoms with van der Waals surface area (Å²) < 4.78 is 35.5. The first-order chi connectivity index (χ1) is 25.9. The third-order valence-corrected chi connectivity index (χ3v) is 9.69.